The Labute approximate surface area is 119 Å². The molecule has 5 nitrogen and oxygen atoms in total. The Bertz CT molecular complexity index is 514. The van der Waals surface area contributed by atoms with Gasteiger partial charge >= 0.3 is 0 Å². The molecule has 1 aromatic carbocycles. The maximum absolute atomic E-state index is 12.7. The van der Waals surface area contributed by atoms with Gasteiger partial charge in [-0.3, -0.25) is 9.59 Å². The number of nitrogens with zero attached hydrogens (tertiary/aromatic N) is 1. The van der Waals surface area contributed by atoms with Crippen molar-refractivity contribution in [1.82, 2.24) is 10.2 Å². The van der Waals surface area contributed by atoms with Gasteiger partial charge in [-0.25, -0.2) is 0 Å². The highest BCUT2D eigenvalue weighted by molar-refractivity contribution is 5.89. The molecule has 0 radical (unpaired) electrons. The lowest BCUT2D eigenvalue weighted by Gasteiger charge is -2.32. The summed E-state index contributed by atoms with van der Waals surface area (Å²) in [6, 6.07) is 7.87. The molecule has 1 aliphatic rings. The summed E-state index contributed by atoms with van der Waals surface area (Å²) >= 11 is 0. The molecule has 0 saturated carbocycles. The molecule has 5 heteroatoms. The van der Waals surface area contributed by atoms with E-state index in [0.29, 0.717) is 6.54 Å². The van der Waals surface area contributed by atoms with Crippen LogP contribution in [0.5, 0.6) is 0 Å². The highest BCUT2D eigenvalue weighted by Crippen LogP contribution is 2.26. The van der Waals surface area contributed by atoms with Crippen molar-refractivity contribution in [2.45, 2.75) is 32.4 Å². The number of carbonyl (C=O) groups excluding carboxylic acids is 2. The molecule has 2 amide bonds. The molecule has 1 aromatic rings. The number of rotatable bonds is 4. The van der Waals surface area contributed by atoms with E-state index in [2.05, 4.69) is 5.32 Å². The summed E-state index contributed by atoms with van der Waals surface area (Å²) in [6.07, 6.45) is 0. The number of nitrogens with one attached hydrogen (secondary N) is 1. The molecule has 1 atom stereocenters. The topological polar surface area (TPSA) is 75.4 Å². The number of nitrogens with two attached hydrogens (primary N) is 1. The highest BCUT2D eigenvalue weighted by Gasteiger charge is 2.31. The average molecular weight is 275 g/mol. The van der Waals surface area contributed by atoms with Crippen molar-refractivity contribution in [2.75, 3.05) is 13.1 Å². The summed E-state index contributed by atoms with van der Waals surface area (Å²) in [5.74, 6) is -0.774. The minimum Gasteiger partial charge on any atom is -0.368 e. The van der Waals surface area contributed by atoms with Gasteiger partial charge in [0.2, 0.25) is 11.8 Å². The molecule has 0 aliphatic carbocycles. The highest BCUT2D eigenvalue weighted by atomic mass is 16.2. The minimum atomic E-state index is -0.482. The molecule has 1 unspecified atom stereocenters. The Kier molecular flexibility index (Phi) is 4.39. The summed E-state index contributed by atoms with van der Waals surface area (Å²) in [5.41, 5.74) is 7.43. The van der Waals surface area contributed by atoms with Crippen LogP contribution < -0.4 is 11.1 Å². The van der Waals surface area contributed by atoms with Crippen LogP contribution in [0.25, 0.3) is 0 Å². The molecule has 20 heavy (non-hydrogen) atoms. The van der Waals surface area contributed by atoms with E-state index in [1.54, 1.807) is 4.90 Å². The van der Waals surface area contributed by atoms with E-state index in [0.717, 1.165) is 17.7 Å². The van der Waals surface area contributed by atoms with Gasteiger partial charge in [-0.2, -0.15) is 0 Å². The number of hydrogen-bond donors (Lipinski definition) is 2. The van der Waals surface area contributed by atoms with Crippen molar-refractivity contribution in [3.63, 3.8) is 0 Å². The van der Waals surface area contributed by atoms with E-state index >= 15 is 0 Å². The Morgan fingerprint density at radius 2 is 2.10 bits per heavy atom. The molecular formula is C15H21N3O2. The van der Waals surface area contributed by atoms with E-state index in [1.807, 2.05) is 38.1 Å². The monoisotopic (exact) mass is 275 g/mol. The normalized spacial score (nSPS) is 17.6. The van der Waals surface area contributed by atoms with Crippen molar-refractivity contribution in [1.29, 1.82) is 0 Å². The van der Waals surface area contributed by atoms with E-state index in [9.17, 15) is 9.59 Å². The van der Waals surface area contributed by atoms with Crippen molar-refractivity contribution in [3.8, 4) is 0 Å². The fourth-order valence-corrected chi connectivity index (χ4v) is 2.60. The van der Waals surface area contributed by atoms with E-state index in [4.69, 9.17) is 5.73 Å². The average Bonchev–Trinajstić information content (AvgIpc) is 2.43. The largest absolute Gasteiger partial charge is 0.368 e. The van der Waals surface area contributed by atoms with Crippen LogP contribution in [0.3, 0.4) is 0 Å². The van der Waals surface area contributed by atoms with Gasteiger partial charge in [0.05, 0.1) is 12.5 Å². The summed E-state index contributed by atoms with van der Waals surface area (Å²) in [5, 5.41) is 3.26. The van der Waals surface area contributed by atoms with Gasteiger partial charge < -0.3 is 16.0 Å². The van der Waals surface area contributed by atoms with Crippen LogP contribution in [0.15, 0.2) is 24.3 Å². The summed E-state index contributed by atoms with van der Waals surface area (Å²) in [6.45, 7) is 5.12. The van der Waals surface area contributed by atoms with Crippen LogP contribution in [0.1, 0.15) is 30.9 Å². The summed E-state index contributed by atoms with van der Waals surface area (Å²) < 4.78 is 0. The van der Waals surface area contributed by atoms with Crippen LogP contribution >= 0.6 is 0 Å². The van der Waals surface area contributed by atoms with Gasteiger partial charge in [-0.15, -0.1) is 0 Å². The molecule has 1 aliphatic heterocycles. The second-order valence-electron chi connectivity index (χ2n) is 5.41. The van der Waals surface area contributed by atoms with Crippen molar-refractivity contribution < 1.29 is 9.59 Å². The van der Waals surface area contributed by atoms with Crippen LogP contribution in [0, 0.1) is 0 Å². The molecule has 1 heterocycles. The minimum absolute atomic E-state index is 0.0326. The number of fused-ring (bicyclic) bond motifs is 1. The lowest BCUT2D eigenvalue weighted by Crippen LogP contribution is -2.47. The molecule has 0 saturated heterocycles. The predicted octanol–water partition coefficient (Wildman–Crippen LogP) is 0.596. The van der Waals surface area contributed by atoms with Crippen molar-refractivity contribution >= 4 is 11.8 Å². The number of amides is 2. The van der Waals surface area contributed by atoms with Gasteiger partial charge in [0.25, 0.3) is 0 Å². The lowest BCUT2D eigenvalue weighted by molar-refractivity contribution is -0.138. The third-order valence-electron chi connectivity index (χ3n) is 3.63. The first-order chi connectivity index (χ1) is 9.50. The summed E-state index contributed by atoms with van der Waals surface area (Å²) in [7, 11) is 0. The van der Waals surface area contributed by atoms with Crippen molar-refractivity contribution in [2.24, 2.45) is 5.73 Å². The fraction of sp³-hybridized carbons (Fsp3) is 0.467. The Hall–Kier alpha value is -1.88. The van der Waals surface area contributed by atoms with Gasteiger partial charge in [0.1, 0.15) is 0 Å². The quantitative estimate of drug-likeness (QED) is 0.844. The number of primary amides is 1. The molecule has 2 rings (SSSR count). The molecule has 0 aromatic heterocycles. The van der Waals surface area contributed by atoms with E-state index in [-0.39, 0.29) is 24.4 Å². The van der Waals surface area contributed by atoms with Gasteiger partial charge in [-0.1, -0.05) is 24.3 Å². The van der Waals surface area contributed by atoms with Gasteiger partial charge in [0.15, 0.2) is 0 Å². The maximum atomic E-state index is 12.7. The molecule has 0 bridgehead atoms. The van der Waals surface area contributed by atoms with Crippen LogP contribution in [-0.2, 0) is 16.1 Å². The predicted molar refractivity (Wildman–Crippen MR) is 76.9 cm³/mol. The zero-order valence-corrected chi connectivity index (χ0v) is 11.9. The second-order valence-corrected chi connectivity index (χ2v) is 5.41. The van der Waals surface area contributed by atoms with Crippen LogP contribution in [0.2, 0.25) is 0 Å². The number of benzene rings is 1. The summed E-state index contributed by atoms with van der Waals surface area (Å²) in [4.78, 5) is 25.4. The third kappa shape index (κ3) is 2.99. The van der Waals surface area contributed by atoms with E-state index in [1.165, 1.54) is 0 Å². The maximum Gasteiger partial charge on any atom is 0.237 e. The van der Waals surface area contributed by atoms with Gasteiger partial charge in [0, 0.05) is 19.1 Å². The zero-order valence-electron chi connectivity index (χ0n) is 11.9. The molecular weight excluding hydrogens is 254 g/mol. The van der Waals surface area contributed by atoms with E-state index < -0.39 is 5.91 Å². The molecule has 0 spiro atoms. The first-order valence-electron chi connectivity index (χ1n) is 6.88. The first-order valence-corrected chi connectivity index (χ1v) is 6.88. The number of carbonyl (C=O) groups is 2. The van der Waals surface area contributed by atoms with Gasteiger partial charge in [-0.05, 0) is 25.0 Å². The third-order valence-corrected chi connectivity index (χ3v) is 3.63. The molecule has 3 N–H and O–H groups in total. The Morgan fingerprint density at radius 3 is 2.75 bits per heavy atom. The Balaban J connectivity index is 2.26. The zero-order chi connectivity index (χ0) is 14.7. The lowest BCUT2D eigenvalue weighted by atomic mass is 9.89. The molecule has 0 fully saturated rings. The van der Waals surface area contributed by atoms with Crippen LogP contribution in [0.4, 0.5) is 0 Å². The fourth-order valence-electron chi connectivity index (χ4n) is 2.60. The Morgan fingerprint density at radius 1 is 1.40 bits per heavy atom. The van der Waals surface area contributed by atoms with Crippen molar-refractivity contribution in [3.05, 3.63) is 35.4 Å². The second kappa shape index (κ2) is 6.05. The molecule has 108 valence electrons. The smallest absolute Gasteiger partial charge is 0.237 e. The SMILES string of the molecule is CC(C)N(CC(N)=O)C(=O)C1CNCc2ccccc21. The standard InChI is InChI=1S/C15H21N3O2/c1-10(2)18(9-14(16)19)15(20)13-8-17-7-11-5-3-4-6-12(11)13/h3-6,10,13,17H,7-9H2,1-2H3,(H2,16,19). The number of hydrogen-bond acceptors (Lipinski definition) is 3. The van der Waals surface area contributed by atoms with Crippen LogP contribution in [-0.4, -0.2) is 35.8 Å². The first kappa shape index (κ1) is 14.5.